The molecule has 0 saturated carbocycles. The second-order valence-corrected chi connectivity index (χ2v) is 16.9. The van der Waals surface area contributed by atoms with Crippen molar-refractivity contribution in [3.8, 4) is 11.5 Å². The zero-order chi connectivity index (χ0) is 19.8. The van der Waals surface area contributed by atoms with E-state index in [4.69, 9.17) is 6.15 Å². The monoisotopic (exact) mass is 476 g/mol. The van der Waals surface area contributed by atoms with Crippen LogP contribution >= 0.6 is 0 Å². The average Bonchev–Trinajstić information content (AvgIpc) is 2.65. The van der Waals surface area contributed by atoms with Crippen LogP contribution in [0.15, 0.2) is 41.4 Å². The summed E-state index contributed by atoms with van der Waals surface area (Å²) < 4.78 is 12.5. The second kappa shape index (κ2) is 7.14. The molecule has 2 aromatic carbocycles. The average molecular weight is 475 g/mol. The Morgan fingerprint density at radius 3 is 2.44 bits per heavy atom. The molecule has 0 radical (unpaired) electrons. The molecule has 142 valence electrons. The van der Waals surface area contributed by atoms with Crippen LogP contribution in [-0.2, 0) is 5.41 Å². The van der Waals surface area contributed by atoms with E-state index >= 15 is 0 Å². The minimum absolute atomic E-state index is 0.0121. The Bertz CT molecular complexity index is 922. The number of nitro benzene ring substituents is 1. The fourth-order valence-electron chi connectivity index (χ4n) is 2.86. The summed E-state index contributed by atoms with van der Waals surface area (Å²) in [6.45, 7) is 6.54. The summed E-state index contributed by atoms with van der Waals surface area (Å²) in [6, 6.07) is 10.6. The van der Waals surface area contributed by atoms with Gasteiger partial charge in [0.15, 0.2) is 0 Å². The normalized spacial score (nSPS) is 15.3. The van der Waals surface area contributed by atoms with E-state index in [1.54, 1.807) is 12.3 Å². The van der Waals surface area contributed by atoms with Crippen molar-refractivity contribution in [2.24, 2.45) is 4.99 Å². The Morgan fingerprint density at radius 2 is 1.78 bits per heavy atom. The molecule has 0 N–H and O–H groups in total. The molecule has 0 spiro atoms. The van der Waals surface area contributed by atoms with Crippen molar-refractivity contribution in [2.45, 2.75) is 42.5 Å². The molecule has 1 heterocycles. The van der Waals surface area contributed by atoms with Gasteiger partial charge in [0, 0.05) is 0 Å². The summed E-state index contributed by atoms with van der Waals surface area (Å²) in [5, 5.41) is 11.1. The molecule has 0 aliphatic carbocycles. The first-order valence-corrected chi connectivity index (χ1v) is 17.0. The second-order valence-electron chi connectivity index (χ2n) is 7.76. The van der Waals surface area contributed by atoms with Gasteiger partial charge in [-0.1, -0.05) is 0 Å². The molecule has 6 nitrogen and oxygen atoms in total. The molecule has 1 aliphatic rings. The van der Waals surface area contributed by atoms with Gasteiger partial charge in [-0.2, -0.15) is 0 Å². The molecule has 0 amide bonds. The Morgan fingerprint density at radius 1 is 1.11 bits per heavy atom. The van der Waals surface area contributed by atoms with Crippen LogP contribution in [-0.4, -0.2) is 30.3 Å². The number of nitrogens with zero attached hydrogens (tertiary/aromatic N) is 2. The summed E-state index contributed by atoms with van der Waals surface area (Å²) in [6.07, 6.45) is 2.62. The fraction of sp³-hybridized carbons (Fsp3) is 0.350. The van der Waals surface area contributed by atoms with E-state index in [1.165, 1.54) is 17.7 Å². The van der Waals surface area contributed by atoms with E-state index < -0.39 is 24.1 Å². The van der Waals surface area contributed by atoms with Crippen LogP contribution in [0.2, 0.25) is 9.88 Å². The van der Waals surface area contributed by atoms with Gasteiger partial charge in [-0.05, 0) is 0 Å². The molecule has 2 aromatic rings. The first-order valence-electron chi connectivity index (χ1n) is 8.96. The summed E-state index contributed by atoms with van der Waals surface area (Å²) in [5.41, 5.74) is 2.52. The van der Waals surface area contributed by atoms with Gasteiger partial charge in [-0.25, -0.2) is 0 Å². The third-order valence-electron chi connectivity index (χ3n) is 4.88. The molecule has 0 fully saturated rings. The number of non-ortho nitro benzene ring substituents is 1. The number of hydrogen-bond acceptors (Lipinski definition) is 5. The molecule has 7 heteroatoms. The van der Waals surface area contributed by atoms with Gasteiger partial charge < -0.3 is 0 Å². The number of fused-ring (bicyclic) bond motifs is 2. The van der Waals surface area contributed by atoms with Crippen molar-refractivity contribution < 1.29 is 11.1 Å². The van der Waals surface area contributed by atoms with Crippen LogP contribution in [0.1, 0.15) is 38.3 Å². The third-order valence-corrected chi connectivity index (χ3v) is 8.94. The Labute approximate surface area is 164 Å². The van der Waals surface area contributed by atoms with Gasteiger partial charge in [0.1, 0.15) is 0 Å². The third kappa shape index (κ3) is 4.26. The van der Waals surface area contributed by atoms with Crippen LogP contribution in [0.5, 0.6) is 11.5 Å². The van der Waals surface area contributed by atoms with E-state index in [0.717, 1.165) is 12.1 Å². The van der Waals surface area contributed by atoms with Crippen LogP contribution in [0.3, 0.4) is 0 Å². The van der Waals surface area contributed by atoms with Gasteiger partial charge in [0.2, 0.25) is 0 Å². The first-order chi connectivity index (χ1) is 12.6. The molecule has 27 heavy (non-hydrogen) atoms. The van der Waals surface area contributed by atoms with E-state index in [1.807, 2.05) is 22.0 Å². The zero-order valence-electron chi connectivity index (χ0n) is 16.3. The fourth-order valence-corrected chi connectivity index (χ4v) is 7.03. The van der Waals surface area contributed by atoms with Crippen LogP contribution in [0.4, 0.5) is 11.4 Å². The standard InChI is InChI=1S/C18H20N2O4.2CH3.Sn/c1-4-18(2,3)13-5-7-17(22)15(10-13)19-11-12-9-14(20(23)24)6-8-16(12)21;;;/h5-11,21-22H,4H2,1-3H3;2*1H3;/q;;;+2/p-2. The van der Waals surface area contributed by atoms with Crippen LogP contribution < -0.4 is 6.15 Å². The topological polar surface area (TPSA) is 74.0 Å². The van der Waals surface area contributed by atoms with Crippen molar-refractivity contribution in [2.75, 3.05) is 0 Å². The minimum atomic E-state index is -3.40. The number of nitro groups is 1. The van der Waals surface area contributed by atoms with Gasteiger partial charge in [0.05, 0.1) is 0 Å². The van der Waals surface area contributed by atoms with Crippen LogP contribution in [0, 0.1) is 10.1 Å². The maximum absolute atomic E-state index is 11.1. The van der Waals surface area contributed by atoms with Gasteiger partial charge in [-0.15, -0.1) is 0 Å². The van der Waals surface area contributed by atoms with E-state index in [9.17, 15) is 10.1 Å². The quantitative estimate of drug-likeness (QED) is 0.334. The molecule has 0 aromatic heterocycles. The predicted molar refractivity (Wildman–Crippen MR) is 109 cm³/mol. The summed E-state index contributed by atoms with van der Waals surface area (Å²) in [7, 11) is 0. The molecule has 0 atom stereocenters. The number of aliphatic imine (C=N–C) groups is 1. The number of hydrogen-bond donors (Lipinski definition) is 0. The van der Waals surface area contributed by atoms with Crippen molar-refractivity contribution >= 4 is 36.8 Å². The van der Waals surface area contributed by atoms with E-state index in [-0.39, 0.29) is 11.1 Å². The molecular weight excluding hydrogens is 451 g/mol. The molecule has 0 saturated heterocycles. The maximum atomic E-state index is 11.1. The molecular formula is C20H24N2O4Sn. The van der Waals surface area contributed by atoms with Crippen molar-refractivity contribution in [1.82, 2.24) is 0 Å². The first kappa shape index (κ1) is 19.7. The predicted octanol–water partition coefficient (Wildman–Crippen LogP) is 5.51. The molecule has 0 unspecified atom stereocenters. The van der Waals surface area contributed by atoms with Crippen LogP contribution in [0.25, 0.3) is 0 Å². The van der Waals surface area contributed by atoms with Crippen molar-refractivity contribution in [1.29, 1.82) is 0 Å². The zero-order valence-corrected chi connectivity index (χ0v) is 19.1. The van der Waals surface area contributed by atoms with Crippen molar-refractivity contribution in [3.63, 3.8) is 0 Å². The van der Waals surface area contributed by atoms with Crippen molar-refractivity contribution in [3.05, 3.63) is 57.6 Å². The Balaban J connectivity index is 2.14. The Kier molecular flexibility index (Phi) is 5.20. The summed E-state index contributed by atoms with van der Waals surface area (Å²) in [5.74, 6) is 1.28. The summed E-state index contributed by atoms with van der Waals surface area (Å²) >= 11 is -3.40. The van der Waals surface area contributed by atoms with E-state index in [0.29, 0.717) is 17.1 Å². The Hall–Kier alpha value is -2.09. The molecule has 3 rings (SSSR count). The number of rotatable bonds is 3. The SMILES string of the molecule is CCC(C)(C)c1ccc2c(c1)N=Cc1cc([N+](=O)[O-])ccc1[O][Sn]([CH3])([CH3])[O]2. The number of benzene rings is 2. The summed E-state index contributed by atoms with van der Waals surface area (Å²) in [4.78, 5) is 19.3. The van der Waals surface area contributed by atoms with Gasteiger partial charge >= 0.3 is 164 Å². The van der Waals surface area contributed by atoms with Gasteiger partial charge in [0.25, 0.3) is 0 Å². The van der Waals surface area contributed by atoms with Gasteiger partial charge in [-0.3, -0.25) is 0 Å². The molecule has 1 aliphatic heterocycles. The molecule has 0 bridgehead atoms. The van der Waals surface area contributed by atoms with E-state index in [2.05, 4.69) is 31.8 Å².